The van der Waals surface area contributed by atoms with E-state index in [2.05, 4.69) is 12.2 Å². The van der Waals surface area contributed by atoms with Crippen molar-refractivity contribution in [3.8, 4) is 0 Å². The number of allylic oxidation sites excluding steroid dienone is 2. The summed E-state index contributed by atoms with van der Waals surface area (Å²) in [5, 5.41) is 9.11. The van der Waals surface area contributed by atoms with Gasteiger partial charge in [-0.25, -0.2) is 0 Å². The van der Waals surface area contributed by atoms with Gasteiger partial charge in [-0.3, -0.25) is 4.79 Å². The Labute approximate surface area is 102 Å². The molecule has 0 aromatic heterocycles. The molecule has 0 aromatic rings. The van der Waals surface area contributed by atoms with E-state index in [1.165, 1.54) is 0 Å². The fourth-order valence-electron chi connectivity index (χ4n) is 3.14. The lowest BCUT2D eigenvalue weighted by Crippen LogP contribution is -2.37. The lowest BCUT2D eigenvalue weighted by atomic mass is 9.75. The molecule has 1 amide bonds. The number of carbonyl (C=O) groups is 1. The number of carbonyl (C=O) groups excluding carboxylic acids is 1. The quantitative estimate of drug-likeness (QED) is 0.745. The van der Waals surface area contributed by atoms with E-state index >= 15 is 0 Å². The number of rotatable bonds is 4. The number of aliphatic hydroxyl groups excluding tert-OH is 1. The summed E-state index contributed by atoms with van der Waals surface area (Å²) in [6, 6.07) is 0. The van der Waals surface area contributed by atoms with Gasteiger partial charge in [-0.2, -0.15) is 0 Å². The number of ether oxygens (including phenoxy) is 1. The van der Waals surface area contributed by atoms with Gasteiger partial charge < -0.3 is 14.7 Å². The molecule has 4 atom stereocenters. The summed E-state index contributed by atoms with van der Waals surface area (Å²) in [7, 11) is 1.82. The summed E-state index contributed by atoms with van der Waals surface area (Å²) in [5.74, 6) is 0.674. The normalized spacial score (nSPS) is 36.4. The summed E-state index contributed by atoms with van der Waals surface area (Å²) < 4.78 is 5.72. The van der Waals surface area contributed by atoms with Crippen LogP contribution in [0.15, 0.2) is 12.2 Å². The Kier molecular flexibility index (Phi) is 3.84. The second-order valence-corrected chi connectivity index (χ2v) is 4.82. The molecule has 0 bridgehead atoms. The van der Waals surface area contributed by atoms with Crippen molar-refractivity contribution in [3.05, 3.63) is 12.2 Å². The Hall–Kier alpha value is -0.870. The van der Waals surface area contributed by atoms with Gasteiger partial charge in [0.15, 0.2) is 0 Å². The highest BCUT2D eigenvalue weighted by Gasteiger charge is 2.50. The minimum Gasteiger partial charge on any atom is -0.396 e. The predicted octanol–water partition coefficient (Wildman–Crippen LogP) is 1.01. The maximum Gasteiger partial charge on any atom is 0.228 e. The van der Waals surface area contributed by atoms with Crippen molar-refractivity contribution in [1.82, 2.24) is 4.90 Å². The zero-order valence-electron chi connectivity index (χ0n) is 10.5. The minimum atomic E-state index is -0.126. The SMILES string of the molecule is CCO[C@H]1[C@H]2[C@@H](CCO)C=CC[C@H]2C(=O)N1C. The molecule has 4 heteroatoms. The molecule has 0 unspecified atom stereocenters. The van der Waals surface area contributed by atoms with E-state index in [0.29, 0.717) is 13.0 Å². The van der Waals surface area contributed by atoms with Crippen LogP contribution in [0.3, 0.4) is 0 Å². The Morgan fingerprint density at radius 1 is 1.59 bits per heavy atom. The highest BCUT2D eigenvalue weighted by molar-refractivity contribution is 5.82. The monoisotopic (exact) mass is 239 g/mol. The Morgan fingerprint density at radius 3 is 3.00 bits per heavy atom. The molecular formula is C13H21NO3. The molecule has 1 N–H and O–H groups in total. The number of fused-ring (bicyclic) bond motifs is 1. The largest absolute Gasteiger partial charge is 0.396 e. The molecule has 0 radical (unpaired) electrons. The molecule has 1 aliphatic carbocycles. The van der Waals surface area contributed by atoms with Crippen LogP contribution in [0.1, 0.15) is 19.8 Å². The number of hydrogen-bond donors (Lipinski definition) is 1. The van der Waals surface area contributed by atoms with Crippen molar-refractivity contribution in [2.75, 3.05) is 20.3 Å². The molecule has 0 spiro atoms. The first-order chi connectivity index (χ1) is 8.20. The molecule has 17 heavy (non-hydrogen) atoms. The Balaban J connectivity index is 2.22. The van der Waals surface area contributed by atoms with Gasteiger partial charge in [0.2, 0.25) is 5.91 Å². The van der Waals surface area contributed by atoms with Gasteiger partial charge in [-0.15, -0.1) is 0 Å². The maximum absolute atomic E-state index is 12.1. The van der Waals surface area contributed by atoms with Gasteiger partial charge in [0, 0.05) is 32.1 Å². The van der Waals surface area contributed by atoms with E-state index in [1.54, 1.807) is 4.90 Å². The third-order valence-corrected chi connectivity index (χ3v) is 3.91. The van der Waals surface area contributed by atoms with Gasteiger partial charge in [0.05, 0.1) is 0 Å². The third-order valence-electron chi connectivity index (χ3n) is 3.91. The van der Waals surface area contributed by atoms with Crippen molar-refractivity contribution < 1.29 is 14.6 Å². The van der Waals surface area contributed by atoms with E-state index in [-0.39, 0.29) is 36.5 Å². The topological polar surface area (TPSA) is 49.8 Å². The standard InChI is InChI=1S/C13H21NO3/c1-3-17-13-11-9(7-8-15)5-4-6-10(11)12(16)14(13)2/h4-5,9-11,13,15H,3,6-8H2,1-2H3/t9-,10-,11+,13+/m1/s1. The van der Waals surface area contributed by atoms with E-state index in [4.69, 9.17) is 9.84 Å². The third kappa shape index (κ3) is 2.11. The maximum atomic E-state index is 12.1. The van der Waals surface area contributed by atoms with Gasteiger partial charge in [-0.1, -0.05) is 12.2 Å². The molecule has 0 aromatic carbocycles. The minimum absolute atomic E-state index is 0.0399. The number of aliphatic hydroxyl groups is 1. The molecule has 96 valence electrons. The summed E-state index contributed by atoms with van der Waals surface area (Å²) in [4.78, 5) is 13.9. The second-order valence-electron chi connectivity index (χ2n) is 4.82. The Bertz CT molecular complexity index is 316. The van der Waals surface area contributed by atoms with Gasteiger partial charge in [0.1, 0.15) is 6.23 Å². The highest BCUT2D eigenvalue weighted by Crippen LogP contribution is 2.42. The molecule has 1 saturated heterocycles. The van der Waals surface area contributed by atoms with Crippen molar-refractivity contribution in [1.29, 1.82) is 0 Å². The van der Waals surface area contributed by atoms with Crippen LogP contribution in [-0.4, -0.2) is 42.4 Å². The molecule has 1 aliphatic heterocycles. The molecule has 4 nitrogen and oxygen atoms in total. The first kappa shape index (κ1) is 12.6. The van der Waals surface area contributed by atoms with Crippen LogP contribution in [0.5, 0.6) is 0 Å². The summed E-state index contributed by atoms with van der Waals surface area (Å²) in [6.45, 7) is 2.72. The first-order valence-corrected chi connectivity index (χ1v) is 6.36. The zero-order chi connectivity index (χ0) is 12.4. The van der Waals surface area contributed by atoms with Crippen LogP contribution in [0, 0.1) is 17.8 Å². The van der Waals surface area contributed by atoms with Crippen molar-refractivity contribution in [2.45, 2.75) is 26.0 Å². The van der Waals surface area contributed by atoms with E-state index in [1.807, 2.05) is 14.0 Å². The lowest BCUT2D eigenvalue weighted by Gasteiger charge is -2.32. The highest BCUT2D eigenvalue weighted by atomic mass is 16.5. The van der Waals surface area contributed by atoms with Crippen LogP contribution < -0.4 is 0 Å². The smallest absolute Gasteiger partial charge is 0.228 e. The van der Waals surface area contributed by atoms with Crippen molar-refractivity contribution in [3.63, 3.8) is 0 Å². The van der Waals surface area contributed by atoms with Gasteiger partial charge in [-0.05, 0) is 25.7 Å². The summed E-state index contributed by atoms with van der Waals surface area (Å²) in [6.07, 6.45) is 5.60. The number of amides is 1. The number of likely N-dealkylation sites (tertiary alicyclic amines) is 1. The van der Waals surface area contributed by atoms with Crippen LogP contribution >= 0.6 is 0 Å². The Morgan fingerprint density at radius 2 is 2.35 bits per heavy atom. The van der Waals surface area contributed by atoms with E-state index in [9.17, 15) is 4.79 Å². The molecule has 0 saturated carbocycles. The molecule has 1 heterocycles. The van der Waals surface area contributed by atoms with Crippen molar-refractivity contribution >= 4 is 5.91 Å². The summed E-state index contributed by atoms with van der Waals surface area (Å²) in [5.41, 5.74) is 0. The first-order valence-electron chi connectivity index (χ1n) is 6.36. The lowest BCUT2D eigenvalue weighted by molar-refractivity contribution is -0.136. The van der Waals surface area contributed by atoms with Crippen molar-refractivity contribution in [2.24, 2.45) is 17.8 Å². The van der Waals surface area contributed by atoms with Crippen LogP contribution in [-0.2, 0) is 9.53 Å². The second kappa shape index (κ2) is 5.19. The molecular weight excluding hydrogens is 218 g/mol. The summed E-state index contributed by atoms with van der Waals surface area (Å²) >= 11 is 0. The van der Waals surface area contributed by atoms with E-state index in [0.717, 1.165) is 6.42 Å². The van der Waals surface area contributed by atoms with Crippen LogP contribution in [0.2, 0.25) is 0 Å². The predicted molar refractivity (Wildman–Crippen MR) is 64.1 cm³/mol. The van der Waals surface area contributed by atoms with E-state index < -0.39 is 0 Å². The fraction of sp³-hybridized carbons (Fsp3) is 0.769. The van der Waals surface area contributed by atoms with Crippen LogP contribution in [0.4, 0.5) is 0 Å². The van der Waals surface area contributed by atoms with Gasteiger partial charge in [0.25, 0.3) is 0 Å². The van der Waals surface area contributed by atoms with Gasteiger partial charge >= 0.3 is 0 Å². The molecule has 2 rings (SSSR count). The van der Waals surface area contributed by atoms with Crippen LogP contribution in [0.25, 0.3) is 0 Å². The fourth-order valence-corrected chi connectivity index (χ4v) is 3.14. The molecule has 2 aliphatic rings. The zero-order valence-corrected chi connectivity index (χ0v) is 10.5. The number of hydrogen-bond acceptors (Lipinski definition) is 3. The average Bonchev–Trinajstić information content (AvgIpc) is 2.57. The average molecular weight is 239 g/mol. The number of nitrogens with zero attached hydrogens (tertiary/aromatic N) is 1. The molecule has 1 fully saturated rings.